The monoisotopic (exact) mass is 227 g/mol. The van der Waals surface area contributed by atoms with Gasteiger partial charge in [-0.15, -0.1) is 0 Å². The van der Waals surface area contributed by atoms with Crippen LogP contribution in [0.1, 0.15) is 33.6 Å². The minimum Gasteiger partial charge on any atom is -0.481 e. The molecule has 1 aliphatic carbocycles. The molecule has 2 atom stereocenters. The largest absolute Gasteiger partial charge is 0.481 e. The van der Waals surface area contributed by atoms with Crippen LogP contribution in [0.25, 0.3) is 0 Å². The van der Waals surface area contributed by atoms with Gasteiger partial charge in [0.1, 0.15) is 5.60 Å². The lowest BCUT2D eigenvalue weighted by molar-refractivity contribution is -0.143. The Labute approximate surface area is 94.4 Å². The smallest absolute Gasteiger partial charge is 0.410 e. The van der Waals surface area contributed by atoms with Crippen molar-refractivity contribution in [3.8, 4) is 0 Å². The zero-order chi connectivity index (χ0) is 12.1. The number of carbonyl (C=O) groups excluding carboxylic acids is 1. The lowest BCUT2D eigenvalue weighted by Gasteiger charge is -2.25. The quantitative estimate of drug-likeness (QED) is 0.736. The summed E-state index contributed by atoms with van der Waals surface area (Å²) in [4.78, 5) is 24.4. The summed E-state index contributed by atoms with van der Waals surface area (Å²) >= 11 is 0. The Hall–Kier alpha value is -1.26. The number of rotatable bonds is 1. The number of fused-ring (bicyclic) bond motifs is 1. The standard InChI is InChI=1S/C11H17NO4/c1-10(2,3)16-9(15)12-5-4-11(8(13)14)6-7(11)12/h7H,4-6H2,1-3H3,(H,13,14)/t7-,11+/m1/s1. The Balaban J connectivity index is 2.00. The molecule has 0 bridgehead atoms. The Morgan fingerprint density at radius 2 is 2.06 bits per heavy atom. The molecule has 1 amide bonds. The van der Waals surface area contributed by atoms with Crippen LogP contribution in [0.15, 0.2) is 0 Å². The summed E-state index contributed by atoms with van der Waals surface area (Å²) in [6.07, 6.45) is 0.728. The molecule has 0 aromatic heterocycles. The van der Waals surface area contributed by atoms with Gasteiger partial charge in [0.15, 0.2) is 0 Å². The van der Waals surface area contributed by atoms with E-state index in [-0.39, 0.29) is 6.04 Å². The molecule has 2 rings (SSSR count). The van der Waals surface area contributed by atoms with Crippen molar-refractivity contribution >= 4 is 12.1 Å². The predicted octanol–water partition coefficient (Wildman–Crippen LogP) is 1.47. The molecule has 1 saturated heterocycles. The first-order chi connectivity index (χ1) is 7.26. The first-order valence-electron chi connectivity index (χ1n) is 5.49. The second-order valence-corrected chi connectivity index (χ2v) is 5.60. The fourth-order valence-corrected chi connectivity index (χ4v) is 2.31. The molecule has 16 heavy (non-hydrogen) atoms. The van der Waals surface area contributed by atoms with E-state index in [1.807, 2.05) is 0 Å². The highest BCUT2D eigenvalue weighted by Gasteiger charge is 2.68. The summed E-state index contributed by atoms with van der Waals surface area (Å²) in [5.41, 5.74) is -1.20. The lowest BCUT2D eigenvalue weighted by Crippen LogP contribution is -2.37. The summed E-state index contributed by atoms with van der Waals surface area (Å²) in [7, 11) is 0. The number of aliphatic carboxylic acids is 1. The van der Waals surface area contributed by atoms with Gasteiger partial charge in [-0.3, -0.25) is 4.79 Å². The third kappa shape index (κ3) is 1.64. The van der Waals surface area contributed by atoms with Gasteiger partial charge in [0, 0.05) is 6.54 Å². The summed E-state index contributed by atoms with van der Waals surface area (Å²) in [5, 5.41) is 9.07. The maximum atomic E-state index is 11.8. The average Bonchev–Trinajstić information content (AvgIpc) is 2.70. The van der Waals surface area contributed by atoms with Crippen LogP contribution in [0, 0.1) is 5.41 Å². The van der Waals surface area contributed by atoms with E-state index in [4.69, 9.17) is 9.84 Å². The molecule has 1 saturated carbocycles. The number of hydrogen-bond donors (Lipinski definition) is 1. The van der Waals surface area contributed by atoms with Gasteiger partial charge in [-0.2, -0.15) is 0 Å². The Morgan fingerprint density at radius 3 is 2.44 bits per heavy atom. The lowest BCUT2D eigenvalue weighted by atomic mass is 10.1. The first-order valence-corrected chi connectivity index (χ1v) is 5.49. The van der Waals surface area contributed by atoms with Crippen LogP contribution in [0.4, 0.5) is 4.79 Å². The third-order valence-electron chi connectivity index (χ3n) is 3.26. The Kier molecular flexibility index (Phi) is 2.19. The molecule has 0 unspecified atom stereocenters. The van der Waals surface area contributed by atoms with Crippen molar-refractivity contribution in [3.05, 3.63) is 0 Å². The number of amides is 1. The van der Waals surface area contributed by atoms with Crippen LogP contribution in [-0.2, 0) is 9.53 Å². The molecule has 0 aromatic rings. The van der Waals surface area contributed by atoms with Crippen molar-refractivity contribution in [1.29, 1.82) is 0 Å². The molecule has 5 nitrogen and oxygen atoms in total. The first kappa shape index (κ1) is 11.2. The highest BCUT2D eigenvalue weighted by atomic mass is 16.6. The molecular formula is C11H17NO4. The van der Waals surface area contributed by atoms with Crippen LogP contribution in [-0.4, -0.2) is 40.3 Å². The second kappa shape index (κ2) is 3.12. The fourth-order valence-electron chi connectivity index (χ4n) is 2.31. The van der Waals surface area contributed by atoms with E-state index in [1.165, 1.54) is 0 Å². The molecule has 0 spiro atoms. The number of piperidine rings is 1. The van der Waals surface area contributed by atoms with Gasteiger partial charge < -0.3 is 14.7 Å². The molecule has 2 fully saturated rings. The maximum Gasteiger partial charge on any atom is 0.410 e. The zero-order valence-corrected chi connectivity index (χ0v) is 9.82. The zero-order valence-electron chi connectivity index (χ0n) is 9.82. The van der Waals surface area contributed by atoms with Crippen molar-refractivity contribution in [2.45, 2.75) is 45.3 Å². The minimum atomic E-state index is -0.788. The van der Waals surface area contributed by atoms with E-state index in [0.717, 1.165) is 0 Å². The normalized spacial score (nSPS) is 32.2. The van der Waals surface area contributed by atoms with E-state index < -0.39 is 23.1 Å². The van der Waals surface area contributed by atoms with Crippen LogP contribution >= 0.6 is 0 Å². The van der Waals surface area contributed by atoms with Crippen LogP contribution < -0.4 is 0 Å². The summed E-state index contributed by atoms with van der Waals surface area (Å²) in [5.74, 6) is -0.788. The molecule has 1 heterocycles. The molecule has 90 valence electrons. The van der Waals surface area contributed by atoms with Crippen LogP contribution in [0.5, 0.6) is 0 Å². The fraction of sp³-hybridized carbons (Fsp3) is 0.818. The number of likely N-dealkylation sites (tertiary alicyclic amines) is 1. The van der Waals surface area contributed by atoms with Crippen molar-refractivity contribution < 1.29 is 19.4 Å². The van der Waals surface area contributed by atoms with Gasteiger partial charge in [0.05, 0.1) is 11.5 Å². The number of ether oxygens (including phenoxy) is 1. The second-order valence-electron chi connectivity index (χ2n) is 5.60. The molecular weight excluding hydrogens is 210 g/mol. The molecule has 1 aliphatic heterocycles. The number of hydrogen-bond acceptors (Lipinski definition) is 3. The third-order valence-corrected chi connectivity index (χ3v) is 3.26. The Morgan fingerprint density at radius 1 is 1.44 bits per heavy atom. The average molecular weight is 227 g/mol. The van der Waals surface area contributed by atoms with E-state index in [0.29, 0.717) is 19.4 Å². The van der Waals surface area contributed by atoms with Crippen molar-refractivity contribution in [2.75, 3.05) is 6.54 Å². The van der Waals surface area contributed by atoms with Crippen molar-refractivity contribution in [2.24, 2.45) is 5.41 Å². The molecule has 0 radical (unpaired) electrons. The van der Waals surface area contributed by atoms with Crippen LogP contribution in [0.2, 0.25) is 0 Å². The molecule has 5 heteroatoms. The minimum absolute atomic E-state index is 0.153. The molecule has 1 N–H and O–H groups in total. The predicted molar refractivity (Wildman–Crippen MR) is 56.0 cm³/mol. The summed E-state index contributed by atoms with van der Waals surface area (Å²) in [6, 6.07) is -0.153. The maximum absolute atomic E-state index is 11.8. The topological polar surface area (TPSA) is 66.8 Å². The van der Waals surface area contributed by atoms with Gasteiger partial charge in [-0.1, -0.05) is 0 Å². The van der Waals surface area contributed by atoms with Gasteiger partial charge in [-0.05, 0) is 33.6 Å². The highest BCUT2D eigenvalue weighted by Crippen LogP contribution is 2.57. The van der Waals surface area contributed by atoms with E-state index in [1.54, 1.807) is 25.7 Å². The van der Waals surface area contributed by atoms with Gasteiger partial charge >= 0.3 is 12.1 Å². The number of nitrogens with zero attached hydrogens (tertiary/aromatic N) is 1. The molecule has 2 aliphatic rings. The van der Waals surface area contributed by atoms with Gasteiger partial charge in [-0.25, -0.2) is 4.79 Å². The molecule has 0 aromatic carbocycles. The van der Waals surface area contributed by atoms with Gasteiger partial charge in [0.2, 0.25) is 0 Å². The van der Waals surface area contributed by atoms with Gasteiger partial charge in [0.25, 0.3) is 0 Å². The van der Waals surface area contributed by atoms with E-state index in [9.17, 15) is 9.59 Å². The SMILES string of the molecule is CC(C)(C)OC(=O)N1CC[C@]2(C(=O)O)C[C@@H]12. The Bertz CT molecular complexity index is 346. The van der Waals surface area contributed by atoms with Crippen LogP contribution in [0.3, 0.4) is 0 Å². The summed E-state index contributed by atoms with van der Waals surface area (Å²) < 4.78 is 5.24. The number of carboxylic acid groups (broad SMARTS) is 1. The highest BCUT2D eigenvalue weighted by molar-refractivity contribution is 5.83. The van der Waals surface area contributed by atoms with Crippen molar-refractivity contribution in [3.63, 3.8) is 0 Å². The van der Waals surface area contributed by atoms with Crippen molar-refractivity contribution in [1.82, 2.24) is 4.90 Å². The number of carbonyl (C=O) groups is 2. The summed E-state index contributed by atoms with van der Waals surface area (Å²) in [6.45, 7) is 5.90. The van der Waals surface area contributed by atoms with E-state index in [2.05, 4.69) is 0 Å². The van der Waals surface area contributed by atoms with E-state index >= 15 is 0 Å². The number of carboxylic acids is 1.